The van der Waals surface area contributed by atoms with Crippen LogP contribution in [0.5, 0.6) is 5.75 Å². The van der Waals surface area contributed by atoms with Crippen LogP contribution >= 0.6 is 0 Å². The fourth-order valence-electron chi connectivity index (χ4n) is 3.97. The van der Waals surface area contributed by atoms with Crippen molar-refractivity contribution in [2.45, 2.75) is 25.0 Å². The second-order valence-corrected chi connectivity index (χ2v) is 8.97. The van der Waals surface area contributed by atoms with Crippen molar-refractivity contribution in [3.8, 4) is 5.75 Å². The summed E-state index contributed by atoms with van der Waals surface area (Å²) in [5, 5.41) is 17.9. The summed E-state index contributed by atoms with van der Waals surface area (Å²) in [6.07, 6.45) is -5.31. The molecule has 2 heterocycles. The van der Waals surface area contributed by atoms with Gasteiger partial charge in [0.25, 0.3) is 5.91 Å². The molecule has 0 spiro atoms. The summed E-state index contributed by atoms with van der Waals surface area (Å²) in [6, 6.07) is 4.16. The number of guanidine groups is 1. The Labute approximate surface area is 234 Å². The van der Waals surface area contributed by atoms with Crippen LogP contribution < -0.4 is 26.0 Å². The van der Waals surface area contributed by atoms with Crippen LogP contribution in [-0.4, -0.2) is 73.2 Å². The van der Waals surface area contributed by atoms with Crippen LogP contribution in [0.1, 0.15) is 28.4 Å². The third-order valence-electron chi connectivity index (χ3n) is 5.94. The molecule has 12 nitrogen and oxygen atoms in total. The van der Waals surface area contributed by atoms with E-state index in [1.807, 2.05) is 0 Å². The molecule has 2 aromatic carbocycles. The Kier molecular flexibility index (Phi) is 9.07. The van der Waals surface area contributed by atoms with E-state index >= 15 is 0 Å². The van der Waals surface area contributed by atoms with Crippen LogP contribution in [-0.2, 0) is 14.3 Å². The van der Waals surface area contributed by atoms with E-state index in [0.29, 0.717) is 34.7 Å². The number of hydrogen-bond donors (Lipinski definition) is 5. The van der Waals surface area contributed by atoms with E-state index in [-0.39, 0.29) is 24.2 Å². The van der Waals surface area contributed by atoms with Gasteiger partial charge >= 0.3 is 12.3 Å². The molecule has 3 aromatic rings. The predicted octanol–water partition coefficient (Wildman–Crippen LogP) is 2.46. The van der Waals surface area contributed by atoms with Gasteiger partial charge in [-0.15, -0.1) is 13.2 Å². The first kappa shape index (κ1) is 30.0. The predicted molar refractivity (Wildman–Crippen MR) is 138 cm³/mol. The summed E-state index contributed by atoms with van der Waals surface area (Å²) >= 11 is 0. The molecule has 1 aliphatic rings. The van der Waals surface area contributed by atoms with E-state index in [1.165, 1.54) is 18.3 Å². The summed E-state index contributed by atoms with van der Waals surface area (Å²) in [5.41, 5.74) is 0.923. The number of aliphatic imine (C=N–C) groups is 1. The average Bonchev–Trinajstić information content (AvgIpc) is 3.42. The topological polar surface area (TPSA) is 159 Å². The van der Waals surface area contributed by atoms with Crippen molar-refractivity contribution < 1.29 is 45.8 Å². The number of hydrogen-bond acceptors (Lipinski definition) is 9. The highest BCUT2D eigenvalue weighted by molar-refractivity contribution is 6.07. The molecular weight excluding hydrogens is 573 g/mol. The van der Waals surface area contributed by atoms with Gasteiger partial charge in [0.1, 0.15) is 6.17 Å². The molecule has 0 aliphatic carbocycles. The van der Waals surface area contributed by atoms with Gasteiger partial charge in [-0.1, -0.05) is 6.07 Å². The molecular formula is C25H24F5N7O5. The number of methoxy groups -OCH3 is 1. The Morgan fingerprint density at radius 1 is 1.19 bits per heavy atom. The first-order valence-corrected chi connectivity index (χ1v) is 12.3. The van der Waals surface area contributed by atoms with Gasteiger partial charge in [-0.3, -0.25) is 19.5 Å². The van der Waals surface area contributed by atoms with Gasteiger partial charge in [-0.25, -0.2) is 13.8 Å². The number of benzene rings is 2. The average molecular weight is 598 g/mol. The third-order valence-corrected chi connectivity index (χ3v) is 5.94. The number of halogens is 5. The quantitative estimate of drug-likeness (QED) is 0.186. The smallest absolute Gasteiger partial charge is 0.469 e. The number of carbonyl (C=O) groups is 3. The largest absolute Gasteiger partial charge is 0.573 e. The lowest BCUT2D eigenvalue weighted by atomic mass is 10.0. The number of H-pyrrole nitrogens is 1. The number of ether oxygens (including phenoxy) is 2. The lowest BCUT2D eigenvalue weighted by molar-refractivity contribution is -0.275. The second-order valence-electron chi connectivity index (χ2n) is 8.97. The lowest BCUT2D eigenvalue weighted by Gasteiger charge is -2.20. The van der Waals surface area contributed by atoms with E-state index < -0.39 is 60.9 Å². The summed E-state index contributed by atoms with van der Waals surface area (Å²) in [6.45, 7) is -0.578. The number of esters is 1. The minimum atomic E-state index is -5.18. The monoisotopic (exact) mass is 597 g/mol. The normalized spacial score (nSPS) is 15.7. The van der Waals surface area contributed by atoms with Crippen molar-refractivity contribution in [2.75, 3.05) is 32.1 Å². The van der Waals surface area contributed by atoms with Gasteiger partial charge in [-0.05, 0) is 29.8 Å². The number of carbonyl (C=O) groups excluding carboxylic acids is 3. The van der Waals surface area contributed by atoms with Crippen molar-refractivity contribution in [1.82, 2.24) is 26.1 Å². The molecule has 0 fully saturated rings. The summed E-state index contributed by atoms with van der Waals surface area (Å²) < 4.78 is 73.5. The van der Waals surface area contributed by atoms with Crippen LogP contribution in [0.15, 0.2) is 41.5 Å². The SMILES string of the molecule is COC(=O)C[C@H](NC(=O)CNC(=O)c1cc(NC2=NCC(F)CN2)c2cn[nH]c2c1)c1ccc(F)c(OC(F)(F)F)c1. The number of aromatic amines is 1. The highest BCUT2D eigenvalue weighted by Gasteiger charge is 2.33. The molecule has 2 amide bonds. The molecule has 224 valence electrons. The minimum absolute atomic E-state index is 0.0370. The number of aromatic nitrogens is 2. The molecule has 0 saturated heterocycles. The number of amides is 2. The Bertz CT molecular complexity index is 1510. The fraction of sp³-hybridized carbons (Fsp3) is 0.320. The van der Waals surface area contributed by atoms with Crippen LogP contribution in [0.3, 0.4) is 0 Å². The van der Waals surface area contributed by atoms with Gasteiger partial charge in [0.15, 0.2) is 17.5 Å². The number of anilines is 1. The number of alkyl halides is 4. The first-order valence-electron chi connectivity index (χ1n) is 12.3. The Morgan fingerprint density at radius 2 is 1.98 bits per heavy atom. The summed E-state index contributed by atoms with van der Waals surface area (Å²) in [4.78, 5) is 41.6. The molecule has 1 aliphatic heterocycles. The van der Waals surface area contributed by atoms with Crippen LogP contribution in [0.4, 0.5) is 27.6 Å². The van der Waals surface area contributed by atoms with Gasteiger partial charge in [0.2, 0.25) is 5.91 Å². The van der Waals surface area contributed by atoms with Crippen LogP contribution in [0.25, 0.3) is 10.9 Å². The molecule has 0 radical (unpaired) electrons. The maximum atomic E-state index is 13.9. The van der Waals surface area contributed by atoms with Crippen molar-refractivity contribution in [3.63, 3.8) is 0 Å². The molecule has 0 saturated carbocycles. The maximum absolute atomic E-state index is 13.9. The summed E-state index contributed by atoms with van der Waals surface area (Å²) in [7, 11) is 1.07. The lowest BCUT2D eigenvalue weighted by Crippen LogP contribution is -2.41. The fourth-order valence-corrected chi connectivity index (χ4v) is 3.97. The first-order chi connectivity index (χ1) is 19.9. The minimum Gasteiger partial charge on any atom is -0.469 e. The van der Waals surface area contributed by atoms with Crippen molar-refractivity contribution in [3.05, 3.63) is 53.5 Å². The molecule has 1 unspecified atom stereocenters. The van der Waals surface area contributed by atoms with Gasteiger partial charge in [-0.2, -0.15) is 5.10 Å². The van der Waals surface area contributed by atoms with Gasteiger partial charge < -0.3 is 30.7 Å². The molecule has 4 rings (SSSR count). The third kappa shape index (κ3) is 7.82. The molecule has 0 bridgehead atoms. The zero-order valence-corrected chi connectivity index (χ0v) is 21.8. The van der Waals surface area contributed by atoms with Crippen LogP contribution in [0.2, 0.25) is 0 Å². The maximum Gasteiger partial charge on any atom is 0.573 e. The van der Waals surface area contributed by atoms with E-state index in [9.17, 15) is 36.3 Å². The molecule has 17 heteroatoms. The number of nitrogens with one attached hydrogen (secondary N) is 5. The number of nitrogens with zero attached hydrogens (tertiary/aromatic N) is 2. The highest BCUT2D eigenvalue weighted by Crippen LogP contribution is 2.30. The zero-order valence-electron chi connectivity index (χ0n) is 21.8. The zero-order chi connectivity index (χ0) is 30.4. The Morgan fingerprint density at radius 3 is 2.67 bits per heavy atom. The standard InChI is InChI=1S/C25H24F5N7O5/c1-41-22(39)7-17(12-2-3-16(27)20(6-12)42-25(28,29)30)35-21(38)11-31-23(40)13-4-18(15-10-34-37-19(15)5-13)36-24-32-8-14(26)9-33-24/h2-6,10,14,17H,7-9,11H2,1H3,(H,31,40)(H,34,37)(H,35,38)(H2,32,33,36)/t17-/m0/s1. The molecule has 5 N–H and O–H groups in total. The molecule has 1 aromatic heterocycles. The van der Waals surface area contributed by atoms with E-state index in [0.717, 1.165) is 13.2 Å². The Balaban J connectivity index is 1.46. The van der Waals surface area contributed by atoms with Gasteiger partial charge in [0, 0.05) is 10.9 Å². The van der Waals surface area contributed by atoms with E-state index in [2.05, 4.69) is 45.9 Å². The second kappa shape index (κ2) is 12.7. The number of rotatable bonds is 9. The Hall–Kier alpha value is -4.96. The highest BCUT2D eigenvalue weighted by atomic mass is 19.4. The summed E-state index contributed by atoms with van der Waals surface area (Å²) in [5.74, 6) is -4.49. The van der Waals surface area contributed by atoms with Crippen molar-refractivity contribution >= 4 is 40.3 Å². The van der Waals surface area contributed by atoms with E-state index in [4.69, 9.17) is 0 Å². The van der Waals surface area contributed by atoms with Gasteiger partial charge in [0.05, 0.1) is 56.6 Å². The van der Waals surface area contributed by atoms with Crippen molar-refractivity contribution in [2.24, 2.45) is 4.99 Å². The number of fused-ring (bicyclic) bond motifs is 1. The van der Waals surface area contributed by atoms with Crippen molar-refractivity contribution in [1.29, 1.82) is 0 Å². The van der Waals surface area contributed by atoms with Crippen LogP contribution in [0, 0.1) is 5.82 Å². The molecule has 42 heavy (non-hydrogen) atoms. The molecule has 2 atom stereocenters. The van der Waals surface area contributed by atoms with E-state index in [1.54, 1.807) is 0 Å².